The van der Waals surface area contributed by atoms with Gasteiger partial charge in [-0.2, -0.15) is 0 Å². The third-order valence-electron chi connectivity index (χ3n) is 2.57. The van der Waals surface area contributed by atoms with E-state index >= 15 is 0 Å². The summed E-state index contributed by atoms with van der Waals surface area (Å²) >= 11 is 0. The summed E-state index contributed by atoms with van der Waals surface area (Å²) < 4.78 is 0. The predicted molar refractivity (Wildman–Crippen MR) is 71.4 cm³/mol. The van der Waals surface area contributed by atoms with Crippen molar-refractivity contribution in [3.8, 4) is 0 Å². The number of aliphatic hydroxyl groups is 1. The van der Waals surface area contributed by atoms with Crippen LogP contribution < -0.4 is 11.1 Å². The number of hydrogen-bond donors (Lipinski definition) is 3. The largest absolute Gasteiger partial charge is 0.397 e. The summed E-state index contributed by atoms with van der Waals surface area (Å²) in [6, 6.07) is 15.7. The van der Waals surface area contributed by atoms with Crippen LogP contribution >= 0.6 is 0 Å². The molecule has 17 heavy (non-hydrogen) atoms. The number of nitrogens with one attached hydrogen (secondary N) is 1. The first-order valence-electron chi connectivity index (χ1n) is 5.61. The molecule has 0 aliphatic carbocycles. The maximum atomic E-state index is 8.86. The van der Waals surface area contributed by atoms with Crippen molar-refractivity contribution >= 4 is 17.1 Å². The van der Waals surface area contributed by atoms with Crippen LogP contribution in [0.4, 0.5) is 17.1 Å². The maximum Gasteiger partial charge on any atom is 0.0618 e. The molecule has 0 heterocycles. The fourth-order valence-corrected chi connectivity index (χ4v) is 1.69. The number of benzene rings is 2. The lowest BCUT2D eigenvalue weighted by Gasteiger charge is -2.10. The number of rotatable bonds is 4. The molecule has 0 fully saturated rings. The number of anilines is 3. The fraction of sp³-hybridized carbons (Fsp3) is 0.143. The Balaban J connectivity index is 2.17. The van der Waals surface area contributed by atoms with Gasteiger partial charge >= 0.3 is 0 Å². The Morgan fingerprint density at radius 1 is 1.06 bits per heavy atom. The molecule has 4 N–H and O–H groups in total. The molecule has 0 aromatic heterocycles. The molecule has 0 spiro atoms. The van der Waals surface area contributed by atoms with Crippen molar-refractivity contribution in [2.45, 2.75) is 6.42 Å². The molecule has 0 unspecified atom stereocenters. The topological polar surface area (TPSA) is 58.3 Å². The second kappa shape index (κ2) is 5.37. The van der Waals surface area contributed by atoms with Gasteiger partial charge in [-0.15, -0.1) is 0 Å². The van der Waals surface area contributed by atoms with Crippen LogP contribution in [0.2, 0.25) is 0 Å². The number of aliphatic hydroxyl groups excluding tert-OH is 1. The molecular weight excluding hydrogens is 212 g/mol. The summed E-state index contributed by atoms with van der Waals surface area (Å²) in [6.45, 7) is 0.144. The summed E-state index contributed by atoms with van der Waals surface area (Å²) in [7, 11) is 0. The third-order valence-corrected chi connectivity index (χ3v) is 2.57. The average Bonchev–Trinajstić information content (AvgIpc) is 2.34. The quantitative estimate of drug-likeness (QED) is 0.705. The van der Waals surface area contributed by atoms with E-state index < -0.39 is 0 Å². The van der Waals surface area contributed by atoms with Gasteiger partial charge in [-0.1, -0.05) is 24.3 Å². The Labute approximate surface area is 101 Å². The van der Waals surface area contributed by atoms with Crippen LogP contribution in [-0.2, 0) is 6.42 Å². The number of nitrogens with two attached hydrogens (primary N) is 1. The number of para-hydroxylation sites is 1. The molecule has 0 atom stereocenters. The highest BCUT2D eigenvalue weighted by atomic mass is 16.2. The van der Waals surface area contributed by atoms with E-state index in [9.17, 15) is 0 Å². The Kier molecular flexibility index (Phi) is 3.62. The summed E-state index contributed by atoms with van der Waals surface area (Å²) in [5.41, 5.74) is 9.59. The molecule has 88 valence electrons. The molecule has 0 saturated carbocycles. The van der Waals surface area contributed by atoms with Crippen LogP contribution in [0, 0.1) is 0 Å². The molecule has 0 aliphatic rings. The van der Waals surface area contributed by atoms with Gasteiger partial charge in [0.05, 0.1) is 11.4 Å². The van der Waals surface area contributed by atoms with Gasteiger partial charge in [0.2, 0.25) is 0 Å². The highest BCUT2D eigenvalue weighted by Crippen LogP contribution is 2.24. The van der Waals surface area contributed by atoms with Gasteiger partial charge < -0.3 is 16.2 Å². The molecule has 3 nitrogen and oxygen atoms in total. The number of hydrogen-bond acceptors (Lipinski definition) is 3. The minimum atomic E-state index is 0.144. The minimum Gasteiger partial charge on any atom is -0.397 e. The first-order chi connectivity index (χ1) is 8.29. The van der Waals surface area contributed by atoms with E-state index in [2.05, 4.69) is 5.32 Å². The van der Waals surface area contributed by atoms with E-state index in [1.807, 2.05) is 48.5 Å². The van der Waals surface area contributed by atoms with Gasteiger partial charge in [0.25, 0.3) is 0 Å². The van der Waals surface area contributed by atoms with Crippen molar-refractivity contribution in [3.63, 3.8) is 0 Å². The molecule has 0 aliphatic heterocycles. The number of nitrogen functional groups attached to an aromatic ring is 1. The minimum absolute atomic E-state index is 0.144. The van der Waals surface area contributed by atoms with Gasteiger partial charge in [-0.3, -0.25) is 0 Å². The van der Waals surface area contributed by atoms with Gasteiger partial charge in [-0.25, -0.2) is 0 Å². The zero-order valence-corrected chi connectivity index (χ0v) is 9.56. The SMILES string of the molecule is Nc1cc(CCO)ccc1Nc1ccccc1. The van der Waals surface area contributed by atoms with Crippen molar-refractivity contribution in [2.75, 3.05) is 17.7 Å². The summed E-state index contributed by atoms with van der Waals surface area (Å²) in [5.74, 6) is 0. The van der Waals surface area contributed by atoms with E-state index in [4.69, 9.17) is 10.8 Å². The van der Waals surface area contributed by atoms with Crippen LogP contribution in [-0.4, -0.2) is 11.7 Å². The summed E-state index contributed by atoms with van der Waals surface area (Å²) in [6.07, 6.45) is 0.635. The van der Waals surface area contributed by atoms with Gasteiger partial charge in [0.15, 0.2) is 0 Å². The Morgan fingerprint density at radius 2 is 1.82 bits per heavy atom. The van der Waals surface area contributed by atoms with E-state index in [1.165, 1.54) is 0 Å². The first-order valence-corrected chi connectivity index (χ1v) is 5.61. The molecule has 0 saturated heterocycles. The van der Waals surface area contributed by atoms with Crippen LogP contribution in [0.3, 0.4) is 0 Å². The summed E-state index contributed by atoms with van der Waals surface area (Å²) in [5, 5.41) is 12.1. The lowest BCUT2D eigenvalue weighted by Crippen LogP contribution is -1.98. The van der Waals surface area contributed by atoms with Crippen molar-refractivity contribution in [1.29, 1.82) is 0 Å². The van der Waals surface area contributed by atoms with Crippen LogP contribution in [0.5, 0.6) is 0 Å². The van der Waals surface area contributed by atoms with E-state index in [1.54, 1.807) is 0 Å². The normalized spacial score (nSPS) is 10.2. The zero-order valence-electron chi connectivity index (χ0n) is 9.56. The molecule has 2 rings (SSSR count). The van der Waals surface area contributed by atoms with Crippen LogP contribution in [0.1, 0.15) is 5.56 Å². The monoisotopic (exact) mass is 228 g/mol. The highest BCUT2D eigenvalue weighted by molar-refractivity contribution is 5.73. The molecule has 2 aromatic rings. The fourth-order valence-electron chi connectivity index (χ4n) is 1.69. The lowest BCUT2D eigenvalue weighted by atomic mass is 10.1. The predicted octanol–water partition coefficient (Wildman–Crippen LogP) is 2.55. The Hall–Kier alpha value is -2.00. The Morgan fingerprint density at radius 3 is 2.47 bits per heavy atom. The van der Waals surface area contributed by atoms with Crippen molar-refractivity contribution in [2.24, 2.45) is 0 Å². The van der Waals surface area contributed by atoms with E-state index in [0.717, 1.165) is 16.9 Å². The second-order valence-electron chi connectivity index (χ2n) is 3.89. The van der Waals surface area contributed by atoms with Gasteiger partial charge in [0, 0.05) is 12.3 Å². The third kappa shape index (κ3) is 2.98. The van der Waals surface area contributed by atoms with E-state index in [-0.39, 0.29) is 6.61 Å². The Bertz CT molecular complexity index is 483. The molecule has 0 bridgehead atoms. The van der Waals surface area contributed by atoms with Crippen molar-refractivity contribution in [3.05, 3.63) is 54.1 Å². The first kappa shape index (κ1) is 11.5. The van der Waals surface area contributed by atoms with E-state index in [0.29, 0.717) is 12.1 Å². The smallest absolute Gasteiger partial charge is 0.0618 e. The maximum absolute atomic E-state index is 8.86. The lowest BCUT2D eigenvalue weighted by molar-refractivity contribution is 0.299. The molecule has 0 amide bonds. The molecule has 2 aromatic carbocycles. The van der Waals surface area contributed by atoms with Gasteiger partial charge in [-0.05, 0) is 36.2 Å². The molecular formula is C14H16N2O. The van der Waals surface area contributed by atoms with Gasteiger partial charge in [0.1, 0.15) is 0 Å². The van der Waals surface area contributed by atoms with Crippen molar-refractivity contribution in [1.82, 2.24) is 0 Å². The van der Waals surface area contributed by atoms with Crippen LogP contribution in [0.25, 0.3) is 0 Å². The highest BCUT2D eigenvalue weighted by Gasteiger charge is 2.01. The standard InChI is InChI=1S/C14H16N2O/c15-13-10-11(8-9-17)6-7-14(13)16-12-4-2-1-3-5-12/h1-7,10,16-17H,8-9,15H2. The molecule has 0 radical (unpaired) electrons. The average molecular weight is 228 g/mol. The molecule has 3 heteroatoms. The summed E-state index contributed by atoms with van der Waals surface area (Å²) in [4.78, 5) is 0. The van der Waals surface area contributed by atoms with Crippen LogP contribution in [0.15, 0.2) is 48.5 Å². The van der Waals surface area contributed by atoms with Crippen molar-refractivity contribution < 1.29 is 5.11 Å². The zero-order chi connectivity index (χ0) is 12.1. The second-order valence-corrected chi connectivity index (χ2v) is 3.89.